The van der Waals surface area contributed by atoms with Gasteiger partial charge in [0.2, 0.25) is 5.56 Å². The zero-order valence-corrected chi connectivity index (χ0v) is 12.6. The Morgan fingerprint density at radius 1 is 1.45 bits per heavy atom. The largest absolute Gasteiger partial charge is 0.367 e. The third-order valence-electron chi connectivity index (χ3n) is 3.71. The molecule has 1 atom stereocenters. The fourth-order valence-electron chi connectivity index (χ4n) is 2.50. The van der Waals surface area contributed by atoms with Crippen molar-refractivity contribution in [1.82, 2.24) is 19.4 Å². The van der Waals surface area contributed by atoms with Crippen LogP contribution in [-0.4, -0.2) is 45.0 Å². The third-order valence-corrected chi connectivity index (χ3v) is 3.71. The summed E-state index contributed by atoms with van der Waals surface area (Å²) in [6.45, 7) is 3.35. The van der Waals surface area contributed by atoms with Crippen LogP contribution in [0.15, 0.2) is 29.3 Å². The minimum Gasteiger partial charge on any atom is -0.367 e. The Bertz CT molecular complexity index is 749. The van der Waals surface area contributed by atoms with Crippen molar-refractivity contribution in [2.45, 2.75) is 13.0 Å². The Labute approximate surface area is 127 Å². The number of rotatable bonds is 2. The van der Waals surface area contributed by atoms with E-state index in [0.717, 1.165) is 11.5 Å². The van der Waals surface area contributed by atoms with Crippen molar-refractivity contribution >= 4 is 5.91 Å². The van der Waals surface area contributed by atoms with E-state index in [-0.39, 0.29) is 17.6 Å². The second kappa shape index (κ2) is 5.76. The van der Waals surface area contributed by atoms with E-state index < -0.39 is 0 Å². The van der Waals surface area contributed by atoms with Gasteiger partial charge in [0.15, 0.2) is 0 Å². The average molecular weight is 302 g/mol. The fourth-order valence-corrected chi connectivity index (χ4v) is 2.50. The first-order valence-corrected chi connectivity index (χ1v) is 7.13. The molecule has 0 aromatic carbocycles. The molecule has 0 radical (unpaired) electrons. The van der Waals surface area contributed by atoms with Gasteiger partial charge in [0, 0.05) is 37.7 Å². The van der Waals surface area contributed by atoms with Gasteiger partial charge < -0.3 is 19.2 Å². The van der Waals surface area contributed by atoms with Crippen LogP contribution < -0.4 is 5.56 Å². The maximum Gasteiger partial charge on any atom is 0.255 e. The van der Waals surface area contributed by atoms with Gasteiger partial charge in [0.05, 0.1) is 18.7 Å². The molecule has 1 amide bonds. The monoisotopic (exact) mass is 302 g/mol. The molecular weight excluding hydrogens is 284 g/mol. The summed E-state index contributed by atoms with van der Waals surface area (Å²) in [5.41, 5.74) is 1.32. The Balaban J connectivity index is 1.77. The molecule has 2 aromatic heterocycles. The van der Waals surface area contributed by atoms with Crippen LogP contribution in [0.3, 0.4) is 0 Å². The van der Waals surface area contributed by atoms with Crippen LogP contribution >= 0.6 is 0 Å². The number of carbonyl (C=O) groups excluding carboxylic acids is 1. The number of aromatic nitrogens is 3. The zero-order valence-electron chi connectivity index (χ0n) is 12.6. The molecule has 1 aliphatic heterocycles. The van der Waals surface area contributed by atoms with Crippen molar-refractivity contribution in [3.05, 3.63) is 52.0 Å². The second-order valence-corrected chi connectivity index (χ2v) is 5.43. The number of morpholine rings is 1. The zero-order chi connectivity index (χ0) is 15.7. The van der Waals surface area contributed by atoms with Crippen molar-refractivity contribution in [2.24, 2.45) is 7.05 Å². The quantitative estimate of drug-likeness (QED) is 0.882. The van der Waals surface area contributed by atoms with Crippen LogP contribution in [0.4, 0.5) is 0 Å². The lowest BCUT2D eigenvalue weighted by Gasteiger charge is -2.32. The van der Waals surface area contributed by atoms with E-state index in [0.29, 0.717) is 25.3 Å². The summed E-state index contributed by atoms with van der Waals surface area (Å²) >= 11 is 0. The highest BCUT2D eigenvalue weighted by molar-refractivity contribution is 5.94. The number of imidazole rings is 1. The van der Waals surface area contributed by atoms with E-state index in [2.05, 4.69) is 9.97 Å². The molecule has 116 valence electrons. The van der Waals surface area contributed by atoms with E-state index in [1.807, 2.05) is 6.92 Å². The SMILES string of the molecule is Cc1cnc(C2CN(C(=O)c3ccc(=O)n(C)c3)CCO2)[nH]1. The molecule has 0 saturated carbocycles. The molecule has 7 nitrogen and oxygen atoms in total. The van der Waals surface area contributed by atoms with Gasteiger partial charge in [0.25, 0.3) is 5.91 Å². The number of aryl methyl sites for hydroxylation is 2. The lowest BCUT2D eigenvalue weighted by molar-refractivity contribution is -0.0265. The topological polar surface area (TPSA) is 80.2 Å². The Kier molecular flexibility index (Phi) is 3.81. The summed E-state index contributed by atoms with van der Waals surface area (Å²) in [5, 5.41) is 0. The first-order chi connectivity index (χ1) is 10.5. The molecule has 1 saturated heterocycles. The summed E-state index contributed by atoms with van der Waals surface area (Å²) in [7, 11) is 1.63. The molecule has 3 rings (SSSR count). The summed E-state index contributed by atoms with van der Waals surface area (Å²) < 4.78 is 7.10. The highest BCUT2D eigenvalue weighted by atomic mass is 16.5. The van der Waals surface area contributed by atoms with Gasteiger partial charge in [-0.2, -0.15) is 0 Å². The number of ether oxygens (including phenoxy) is 1. The van der Waals surface area contributed by atoms with Gasteiger partial charge in [-0.3, -0.25) is 9.59 Å². The van der Waals surface area contributed by atoms with Gasteiger partial charge in [-0.15, -0.1) is 0 Å². The number of H-pyrrole nitrogens is 1. The molecule has 1 N–H and O–H groups in total. The summed E-state index contributed by atoms with van der Waals surface area (Å²) in [6, 6.07) is 2.97. The van der Waals surface area contributed by atoms with Gasteiger partial charge in [-0.1, -0.05) is 0 Å². The maximum absolute atomic E-state index is 12.6. The van der Waals surface area contributed by atoms with E-state index in [1.165, 1.54) is 10.6 Å². The minimum atomic E-state index is -0.251. The van der Waals surface area contributed by atoms with E-state index in [1.54, 1.807) is 30.4 Å². The van der Waals surface area contributed by atoms with Crippen molar-refractivity contribution in [3.8, 4) is 0 Å². The van der Waals surface area contributed by atoms with Crippen molar-refractivity contribution in [2.75, 3.05) is 19.7 Å². The molecule has 2 aromatic rings. The maximum atomic E-state index is 12.6. The number of hydrogen-bond acceptors (Lipinski definition) is 4. The Morgan fingerprint density at radius 2 is 2.27 bits per heavy atom. The van der Waals surface area contributed by atoms with Gasteiger partial charge in [-0.05, 0) is 13.0 Å². The van der Waals surface area contributed by atoms with Crippen LogP contribution in [0.2, 0.25) is 0 Å². The minimum absolute atomic E-state index is 0.104. The normalized spacial score (nSPS) is 18.5. The lowest BCUT2D eigenvalue weighted by Crippen LogP contribution is -2.42. The van der Waals surface area contributed by atoms with Crippen LogP contribution in [0.25, 0.3) is 0 Å². The number of pyridine rings is 1. The summed E-state index contributed by atoms with van der Waals surface area (Å²) in [5.74, 6) is 0.627. The molecule has 0 spiro atoms. The molecule has 0 aliphatic carbocycles. The molecule has 1 aliphatic rings. The summed E-state index contributed by atoms with van der Waals surface area (Å²) in [6.07, 6.45) is 3.05. The average Bonchev–Trinajstić information content (AvgIpc) is 2.96. The first-order valence-electron chi connectivity index (χ1n) is 7.13. The number of aromatic amines is 1. The van der Waals surface area contributed by atoms with Crippen LogP contribution in [0.5, 0.6) is 0 Å². The molecular formula is C15H18N4O3. The number of carbonyl (C=O) groups is 1. The molecule has 7 heteroatoms. The first kappa shape index (κ1) is 14.5. The summed E-state index contributed by atoms with van der Waals surface area (Å²) in [4.78, 5) is 33.1. The smallest absolute Gasteiger partial charge is 0.255 e. The Hall–Kier alpha value is -2.41. The number of nitrogens with zero attached hydrogens (tertiary/aromatic N) is 3. The van der Waals surface area contributed by atoms with Crippen LogP contribution in [-0.2, 0) is 11.8 Å². The van der Waals surface area contributed by atoms with Crippen molar-refractivity contribution in [1.29, 1.82) is 0 Å². The number of hydrogen-bond donors (Lipinski definition) is 1. The van der Waals surface area contributed by atoms with Crippen LogP contribution in [0, 0.1) is 6.92 Å². The fraction of sp³-hybridized carbons (Fsp3) is 0.400. The van der Waals surface area contributed by atoms with Crippen molar-refractivity contribution in [3.63, 3.8) is 0 Å². The lowest BCUT2D eigenvalue weighted by atomic mass is 10.2. The Morgan fingerprint density at radius 3 is 2.95 bits per heavy atom. The van der Waals surface area contributed by atoms with Gasteiger partial charge in [0.1, 0.15) is 11.9 Å². The number of nitrogens with one attached hydrogen (secondary N) is 1. The highest BCUT2D eigenvalue weighted by Gasteiger charge is 2.27. The van der Waals surface area contributed by atoms with E-state index in [9.17, 15) is 9.59 Å². The third kappa shape index (κ3) is 2.80. The molecule has 1 fully saturated rings. The molecule has 0 bridgehead atoms. The van der Waals surface area contributed by atoms with Crippen molar-refractivity contribution < 1.29 is 9.53 Å². The van der Waals surface area contributed by atoms with Crippen LogP contribution in [0.1, 0.15) is 28.0 Å². The highest BCUT2D eigenvalue weighted by Crippen LogP contribution is 2.20. The van der Waals surface area contributed by atoms with Gasteiger partial charge >= 0.3 is 0 Å². The van der Waals surface area contributed by atoms with E-state index in [4.69, 9.17) is 4.74 Å². The predicted octanol–water partition coefficient (Wildman–Crippen LogP) is 0.631. The molecule has 3 heterocycles. The number of amides is 1. The molecule has 22 heavy (non-hydrogen) atoms. The predicted molar refractivity (Wildman–Crippen MR) is 79.6 cm³/mol. The van der Waals surface area contributed by atoms with E-state index >= 15 is 0 Å². The second-order valence-electron chi connectivity index (χ2n) is 5.43. The molecule has 1 unspecified atom stereocenters. The standard InChI is InChI=1S/C15H18N4O3/c1-10-7-16-14(17-10)12-9-19(5-6-22-12)15(21)11-3-4-13(20)18(2)8-11/h3-4,7-8,12H,5-6,9H2,1-2H3,(H,16,17). The van der Waals surface area contributed by atoms with Gasteiger partial charge in [-0.25, -0.2) is 4.98 Å².